The molecule has 0 aliphatic carbocycles. The number of amides is 2. The lowest BCUT2D eigenvalue weighted by Gasteiger charge is -2.19. The van der Waals surface area contributed by atoms with Crippen LogP contribution in [0.2, 0.25) is 0 Å². The van der Waals surface area contributed by atoms with Crippen LogP contribution in [-0.4, -0.2) is 37.8 Å². The first-order valence-corrected chi connectivity index (χ1v) is 10.3. The standard InChI is InChI=1S/C19H22FN3O4S/c1-3-13(2)23-19(25)18(24)22-12-17(14-5-4-10-21-11-14)28(26,27)16-8-6-15(20)7-9-16/h4-11,13,17H,3,12H2,1-2H3,(H,22,24)(H,23,25)/t13-,17+/m1/s1. The summed E-state index contributed by atoms with van der Waals surface area (Å²) in [5.74, 6) is -2.33. The van der Waals surface area contributed by atoms with Gasteiger partial charge in [-0.3, -0.25) is 14.6 Å². The lowest BCUT2D eigenvalue weighted by Crippen LogP contribution is -2.45. The molecule has 1 aromatic carbocycles. The molecule has 0 bridgehead atoms. The summed E-state index contributed by atoms with van der Waals surface area (Å²) < 4.78 is 39.3. The molecule has 2 rings (SSSR count). The first kappa shape index (κ1) is 21.5. The van der Waals surface area contributed by atoms with Crippen molar-refractivity contribution >= 4 is 21.7 Å². The zero-order valence-electron chi connectivity index (χ0n) is 15.6. The number of halogens is 1. The first-order chi connectivity index (χ1) is 13.3. The highest BCUT2D eigenvalue weighted by atomic mass is 32.2. The van der Waals surface area contributed by atoms with E-state index in [0.717, 1.165) is 24.3 Å². The summed E-state index contributed by atoms with van der Waals surface area (Å²) in [4.78, 5) is 27.8. The predicted molar refractivity (Wildman–Crippen MR) is 101 cm³/mol. The Kier molecular flexibility index (Phi) is 7.22. The molecule has 150 valence electrons. The molecule has 2 amide bonds. The van der Waals surface area contributed by atoms with E-state index in [2.05, 4.69) is 15.6 Å². The molecule has 0 unspecified atom stereocenters. The van der Waals surface area contributed by atoms with Gasteiger partial charge in [-0.2, -0.15) is 0 Å². The van der Waals surface area contributed by atoms with Crippen LogP contribution in [0.25, 0.3) is 0 Å². The van der Waals surface area contributed by atoms with E-state index in [0.29, 0.717) is 12.0 Å². The smallest absolute Gasteiger partial charge is 0.309 e. The highest BCUT2D eigenvalue weighted by molar-refractivity contribution is 7.91. The zero-order chi connectivity index (χ0) is 20.7. The van der Waals surface area contributed by atoms with Gasteiger partial charge in [0.1, 0.15) is 11.1 Å². The van der Waals surface area contributed by atoms with Crippen molar-refractivity contribution in [1.29, 1.82) is 0 Å². The van der Waals surface area contributed by atoms with E-state index >= 15 is 0 Å². The molecule has 2 atom stereocenters. The van der Waals surface area contributed by atoms with E-state index in [1.54, 1.807) is 19.1 Å². The van der Waals surface area contributed by atoms with Crippen molar-refractivity contribution < 1.29 is 22.4 Å². The van der Waals surface area contributed by atoms with Crippen molar-refractivity contribution in [3.05, 3.63) is 60.2 Å². The number of nitrogens with zero attached hydrogens (tertiary/aromatic N) is 1. The fourth-order valence-corrected chi connectivity index (χ4v) is 4.06. The van der Waals surface area contributed by atoms with Crippen molar-refractivity contribution in [3.8, 4) is 0 Å². The molecule has 28 heavy (non-hydrogen) atoms. The van der Waals surface area contributed by atoms with Crippen LogP contribution in [0.3, 0.4) is 0 Å². The summed E-state index contributed by atoms with van der Waals surface area (Å²) in [5, 5.41) is 3.69. The SMILES string of the molecule is CC[C@@H](C)NC(=O)C(=O)NC[C@@H](c1cccnc1)S(=O)(=O)c1ccc(F)cc1. The summed E-state index contributed by atoms with van der Waals surface area (Å²) in [7, 11) is -3.97. The second-order valence-corrected chi connectivity index (χ2v) is 8.40. The van der Waals surface area contributed by atoms with Crippen LogP contribution in [0, 0.1) is 5.82 Å². The van der Waals surface area contributed by atoms with E-state index in [9.17, 15) is 22.4 Å². The van der Waals surface area contributed by atoms with Gasteiger partial charge in [0.05, 0.1) is 4.90 Å². The van der Waals surface area contributed by atoms with Crippen LogP contribution < -0.4 is 10.6 Å². The number of hydrogen-bond acceptors (Lipinski definition) is 5. The quantitative estimate of drug-likeness (QED) is 0.538. The van der Waals surface area contributed by atoms with Gasteiger partial charge < -0.3 is 10.6 Å². The monoisotopic (exact) mass is 407 g/mol. The van der Waals surface area contributed by atoms with E-state index in [4.69, 9.17) is 0 Å². The normalized spacial score (nSPS) is 13.4. The lowest BCUT2D eigenvalue weighted by molar-refractivity contribution is -0.139. The molecule has 1 heterocycles. The van der Waals surface area contributed by atoms with Gasteiger partial charge in [-0.15, -0.1) is 0 Å². The molecule has 0 aliphatic heterocycles. The van der Waals surface area contributed by atoms with Crippen LogP contribution in [0.5, 0.6) is 0 Å². The van der Waals surface area contributed by atoms with E-state index in [-0.39, 0.29) is 17.5 Å². The van der Waals surface area contributed by atoms with Gasteiger partial charge >= 0.3 is 11.8 Å². The fourth-order valence-electron chi connectivity index (χ4n) is 2.42. The Morgan fingerprint density at radius 2 is 1.82 bits per heavy atom. The molecule has 1 aromatic heterocycles. The van der Waals surface area contributed by atoms with E-state index in [1.807, 2.05) is 6.92 Å². The topological polar surface area (TPSA) is 105 Å². The van der Waals surface area contributed by atoms with Crippen LogP contribution in [-0.2, 0) is 19.4 Å². The third-order valence-electron chi connectivity index (χ3n) is 4.22. The van der Waals surface area contributed by atoms with Crippen LogP contribution in [0.4, 0.5) is 4.39 Å². The maximum absolute atomic E-state index is 13.2. The van der Waals surface area contributed by atoms with Crippen molar-refractivity contribution in [3.63, 3.8) is 0 Å². The number of rotatable bonds is 7. The second kappa shape index (κ2) is 9.41. The average Bonchev–Trinajstić information content (AvgIpc) is 2.68. The molecular formula is C19H22FN3O4S. The van der Waals surface area contributed by atoms with Crippen LogP contribution in [0.15, 0.2) is 53.7 Å². The van der Waals surface area contributed by atoms with Crippen molar-refractivity contribution in [2.24, 2.45) is 0 Å². The molecular weight excluding hydrogens is 385 g/mol. The number of aromatic nitrogens is 1. The van der Waals surface area contributed by atoms with Crippen molar-refractivity contribution in [2.75, 3.05) is 6.54 Å². The molecule has 0 saturated carbocycles. The first-order valence-electron chi connectivity index (χ1n) is 8.73. The molecule has 0 radical (unpaired) electrons. The lowest BCUT2D eigenvalue weighted by atomic mass is 10.2. The highest BCUT2D eigenvalue weighted by Crippen LogP contribution is 2.28. The molecule has 9 heteroatoms. The number of sulfone groups is 1. The van der Waals surface area contributed by atoms with Gasteiger partial charge in [0, 0.05) is 25.0 Å². The molecule has 2 N–H and O–H groups in total. The molecule has 7 nitrogen and oxygen atoms in total. The third kappa shape index (κ3) is 5.35. The number of carbonyl (C=O) groups is 2. The summed E-state index contributed by atoms with van der Waals surface area (Å²) in [6.07, 6.45) is 3.51. The van der Waals surface area contributed by atoms with Crippen LogP contribution in [0.1, 0.15) is 31.1 Å². The Morgan fingerprint density at radius 1 is 1.14 bits per heavy atom. The van der Waals surface area contributed by atoms with Gasteiger partial charge in [-0.25, -0.2) is 12.8 Å². The maximum Gasteiger partial charge on any atom is 0.309 e. The third-order valence-corrected chi connectivity index (χ3v) is 6.33. The molecule has 0 saturated heterocycles. The number of carbonyl (C=O) groups excluding carboxylic acids is 2. The maximum atomic E-state index is 13.2. The Bertz CT molecular complexity index is 918. The van der Waals surface area contributed by atoms with Gasteiger partial charge in [-0.05, 0) is 49.2 Å². The molecule has 0 aliphatic rings. The van der Waals surface area contributed by atoms with Gasteiger partial charge in [0.25, 0.3) is 0 Å². The molecule has 0 spiro atoms. The summed E-state index contributed by atoms with van der Waals surface area (Å²) in [6, 6.07) is 7.35. The fraction of sp³-hybridized carbons (Fsp3) is 0.316. The van der Waals surface area contributed by atoms with Crippen LogP contribution >= 0.6 is 0 Å². The highest BCUT2D eigenvalue weighted by Gasteiger charge is 2.30. The largest absolute Gasteiger partial charge is 0.346 e. The summed E-state index contributed by atoms with van der Waals surface area (Å²) in [6.45, 7) is 3.28. The Labute approximate surface area is 163 Å². The van der Waals surface area contributed by atoms with Gasteiger partial charge in [-0.1, -0.05) is 13.0 Å². The molecule has 0 fully saturated rings. The minimum Gasteiger partial charge on any atom is -0.346 e. The Balaban J connectivity index is 2.25. The predicted octanol–water partition coefficient (Wildman–Crippen LogP) is 1.77. The number of nitrogens with one attached hydrogen (secondary N) is 2. The van der Waals surface area contributed by atoms with Gasteiger partial charge in [0.15, 0.2) is 9.84 Å². The summed E-state index contributed by atoms with van der Waals surface area (Å²) in [5.41, 5.74) is 0.342. The van der Waals surface area contributed by atoms with Crippen molar-refractivity contribution in [1.82, 2.24) is 15.6 Å². The van der Waals surface area contributed by atoms with E-state index < -0.39 is 32.7 Å². The van der Waals surface area contributed by atoms with Crippen molar-refractivity contribution in [2.45, 2.75) is 36.5 Å². The Hall–Kier alpha value is -2.81. The number of pyridine rings is 1. The number of benzene rings is 1. The number of hydrogen-bond donors (Lipinski definition) is 2. The average molecular weight is 407 g/mol. The zero-order valence-corrected chi connectivity index (χ0v) is 16.4. The minimum atomic E-state index is -3.97. The Morgan fingerprint density at radius 3 is 2.39 bits per heavy atom. The van der Waals surface area contributed by atoms with Gasteiger partial charge in [0.2, 0.25) is 0 Å². The van der Waals surface area contributed by atoms with E-state index in [1.165, 1.54) is 12.4 Å². The minimum absolute atomic E-state index is 0.0962. The summed E-state index contributed by atoms with van der Waals surface area (Å²) >= 11 is 0. The second-order valence-electron chi connectivity index (χ2n) is 6.27. The molecule has 2 aromatic rings.